The molecule has 0 spiro atoms. The smallest absolute Gasteiger partial charge is 0.340 e. The van der Waals surface area contributed by atoms with E-state index in [2.05, 4.69) is 10.1 Å². The molecule has 1 amide bonds. The molecule has 0 radical (unpaired) electrons. The first kappa shape index (κ1) is 17.7. The molecule has 0 saturated carbocycles. The van der Waals surface area contributed by atoms with Gasteiger partial charge in [0.1, 0.15) is 17.7 Å². The lowest BCUT2D eigenvalue weighted by Crippen LogP contribution is -2.46. The summed E-state index contributed by atoms with van der Waals surface area (Å²) in [6.45, 7) is 1.63. The normalized spacial score (nSPS) is 18.2. The fourth-order valence-corrected chi connectivity index (χ4v) is 2.52. The van der Waals surface area contributed by atoms with Crippen LogP contribution in [-0.4, -0.2) is 31.2 Å². The van der Waals surface area contributed by atoms with Gasteiger partial charge in [0.25, 0.3) is 5.91 Å². The first-order valence-electron chi connectivity index (χ1n) is 7.71. The Balaban J connectivity index is 1.83. The predicted octanol–water partition coefficient (Wildman–Crippen LogP) is 2.92. The Morgan fingerprint density at radius 2 is 1.73 bits per heavy atom. The Hall–Kier alpha value is -3.16. The average Bonchev–Trinajstić information content (AvgIpc) is 2.62. The lowest BCUT2D eigenvalue weighted by Gasteiger charge is -2.31. The fraction of sp³-hybridized carbons (Fsp3) is 0.222. The maximum atomic E-state index is 14.0. The van der Waals surface area contributed by atoms with Crippen LogP contribution >= 0.6 is 0 Å². The zero-order chi connectivity index (χ0) is 18.8. The zero-order valence-corrected chi connectivity index (χ0v) is 13.9. The van der Waals surface area contributed by atoms with E-state index in [4.69, 9.17) is 9.47 Å². The minimum absolute atomic E-state index is 0.369. The highest BCUT2D eigenvalue weighted by Gasteiger charge is 2.34. The predicted molar refractivity (Wildman–Crippen MR) is 87.3 cm³/mol. The molecule has 0 aliphatic carbocycles. The number of amides is 1. The number of ether oxygens (including phenoxy) is 3. The third kappa shape index (κ3) is 3.30. The second-order valence-electron chi connectivity index (χ2n) is 5.60. The Bertz CT molecular complexity index is 871. The Morgan fingerprint density at radius 1 is 1.08 bits per heavy atom. The van der Waals surface area contributed by atoms with Gasteiger partial charge in [0, 0.05) is 6.07 Å². The lowest BCUT2D eigenvalue weighted by molar-refractivity contribution is -0.128. The van der Waals surface area contributed by atoms with Crippen LogP contribution in [0, 0.1) is 11.6 Å². The molecule has 0 aromatic heterocycles. The molecule has 1 heterocycles. The van der Waals surface area contributed by atoms with Gasteiger partial charge in [-0.1, -0.05) is 12.1 Å². The molecule has 0 saturated heterocycles. The van der Waals surface area contributed by atoms with Gasteiger partial charge in [0.2, 0.25) is 6.10 Å². The Morgan fingerprint density at radius 3 is 2.38 bits per heavy atom. The van der Waals surface area contributed by atoms with Crippen LogP contribution in [0.15, 0.2) is 36.4 Å². The van der Waals surface area contributed by atoms with E-state index in [0.29, 0.717) is 17.6 Å². The van der Waals surface area contributed by atoms with Crippen molar-refractivity contribution in [2.24, 2.45) is 0 Å². The molecule has 0 fully saturated rings. The van der Waals surface area contributed by atoms with Crippen molar-refractivity contribution >= 4 is 17.6 Å². The summed E-state index contributed by atoms with van der Waals surface area (Å²) >= 11 is 0. The number of esters is 1. The number of nitrogens with one attached hydrogen (secondary N) is 1. The summed E-state index contributed by atoms with van der Waals surface area (Å²) in [6, 6.07) is 8.18. The number of para-hydroxylation sites is 2. The van der Waals surface area contributed by atoms with Crippen molar-refractivity contribution in [1.82, 2.24) is 0 Å². The average molecular weight is 363 g/mol. The molecule has 3 rings (SSSR count). The summed E-state index contributed by atoms with van der Waals surface area (Å²) in [4.78, 5) is 24.0. The summed E-state index contributed by atoms with van der Waals surface area (Å²) in [7, 11) is 1.07. The topological polar surface area (TPSA) is 73.9 Å². The molecule has 26 heavy (non-hydrogen) atoms. The number of fused-ring (bicyclic) bond motifs is 1. The van der Waals surface area contributed by atoms with Gasteiger partial charge in [-0.2, -0.15) is 0 Å². The van der Waals surface area contributed by atoms with Gasteiger partial charge in [-0.25, -0.2) is 13.6 Å². The van der Waals surface area contributed by atoms with Gasteiger partial charge in [0.05, 0.1) is 18.4 Å². The molecule has 136 valence electrons. The van der Waals surface area contributed by atoms with Crippen molar-refractivity contribution in [3.63, 3.8) is 0 Å². The number of benzene rings is 2. The molecular weight excluding hydrogens is 348 g/mol. The highest BCUT2D eigenvalue weighted by Crippen LogP contribution is 2.34. The number of anilines is 1. The van der Waals surface area contributed by atoms with E-state index in [9.17, 15) is 18.4 Å². The van der Waals surface area contributed by atoms with Crippen LogP contribution in [0.3, 0.4) is 0 Å². The lowest BCUT2D eigenvalue weighted by atomic mass is 10.1. The van der Waals surface area contributed by atoms with E-state index in [1.807, 2.05) is 0 Å². The van der Waals surface area contributed by atoms with Crippen molar-refractivity contribution in [2.75, 3.05) is 12.4 Å². The van der Waals surface area contributed by atoms with Crippen LogP contribution in [0.4, 0.5) is 14.5 Å². The second kappa shape index (κ2) is 6.99. The second-order valence-corrected chi connectivity index (χ2v) is 5.60. The number of rotatable bonds is 3. The van der Waals surface area contributed by atoms with Crippen LogP contribution in [0.25, 0.3) is 0 Å². The quantitative estimate of drug-likeness (QED) is 0.849. The molecule has 1 N–H and O–H groups in total. The number of carbonyl (C=O) groups is 2. The minimum Gasteiger partial charge on any atom is -0.482 e. The van der Waals surface area contributed by atoms with Crippen LogP contribution in [-0.2, 0) is 9.53 Å². The molecule has 1 aliphatic rings. The summed E-state index contributed by atoms with van der Waals surface area (Å²) in [5, 5.41) is 2.29. The number of hydrogen-bond acceptors (Lipinski definition) is 5. The molecule has 1 aliphatic heterocycles. The monoisotopic (exact) mass is 363 g/mol. The van der Waals surface area contributed by atoms with Gasteiger partial charge in [-0.15, -0.1) is 0 Å². The van der Waals surface area contributed by atoms with Crippen LogP contribution in [0.1, 0.15) is 17.3 Å². The van der Waals surface area contributed by atoms with Crippen LogP contribution in [0.5, 0.6) is 11.5 Å². The third-order valence-electron chi connectivity index (χ3n) is 3.82. The highest BCUT2D eigenvalue weighted by molar-refractivity contribution is 5.97. The van der Waals surface area contributed by atoms with Gasteiger partial charge >= 0.3 is 5.97 Å². The molecule has 8 heteroatoms. The standard InChI is InChI=1S/C18H15F2NO5/c1-9-16(26-15-6-4-3-5-14(15)25-9)17(22)21-13-7-10(18(23)24-2)11(19)8-12(13)20/h3-9,16H,1-2H3,(H,21,22). The summed E-state index contributed by atoms with van der Waals surface area (Å²) in [5.41, 5.74) is -0.866. The van der Waals surface area contributed by atoms with Crippen molar-refractivity contribution in [2.45, 2.75) is 19.1 Å². The maximum absolute atomic E-state index is 14.0. The van der Waals surface area contributed by atoms with Crippen molar-refractivity contribution in [3.05, 3.63) is 53.6 Å². The van der Waals surface area contributed by atoms with Gasteiger partial charge in [-0.3, -0.25) is 4.79 Å². The highest BCUT2D eigenvalue weighted by atomic mass is 19.1. The molecule has 6 nitrogen and oxygen atoms in total. The van der Waals surface area contributed by atoms with E-state index in [-0.39, 0.29) is 5.69 Å². The number of halogens is 2. The van der Waals surface area contributed by atoms with E-state index < -0.39 is 41.3 Å². The van der Waals surface area contributed by atoms with Gasteiger partial charge in [-0.05, 0) is 25.1 Å². The number of carbonyl (C=O) groups excluding carboxylic acids is 2. The summed E-state index contributed by atoms with van der Waals surface area (Å²) in [5.74, 6) is -2.95. The van der Waals surface area contributed by atoms with E-state index in [1.165, 1.54) is 0 Å². The van der Waals surface area contributed by atoms with Crippen molar-refractivity contribution < 1.29 is 32.6 Å². The molecule has 2 aromatic carbocycles. The first-order valence-corrected chi connectivity index (χ1v) is 7.71. The molecule has 2 atom stereocenters. The van der Waals surface area contributed by atoms with Crippen molar-refractivity contribution in [3.8, 4) is 11.5 Å². The maximum Gasteiger partial charge on any atom is 0.340 e. The summed E-state index contributed by atoms with van der Waals surface area (Å²) < 4.78 is 43.3. The Labute approximate surface area is 147 Å². The van der Waals surface area contributed by atoms with Gasteiger partial charge in [0.15, 0.2) is 11.5 Å². The number of hydrogen-bond donors (Lipinski definition) is 1. The minimum atomic E-state index is -1.09. The van der Waals surface area contributed by atoms with Crippen LogP contribution < -0.4 is 14.8 Å². The molecule has 0 bridgehead atoms. The first-order chi connectivity index (χ1) is 12.4. The van der Waals surface area contributed by atoms with E-state index in [1.54, 1.807) is 31.2 Å². The van der Waals surface area contributed by atoms with E-state index in [0.717, 1.165) is 13.2 Å². The summed E-state index contributed by atoms with van der Waals surface area (Å²) in [6.07, 6.45) is -1.70. The third-order valence-corrected chi connectivity index (χ3v) is 3.82. The largest absolute Gasteiger partial charge is 0.482 e. The molecule has 2 unspecified atom stereocenters. The van der Waals surface area contributed by atoms with Crippen molar-refractivity contribution in [1.29, 1.82) is 0 Å². The molecule has 2 aromatic rings. The van der Waals surface area contributed by atoms with Gasteiger partial charge < -0.3 is 19.5 Å². The SMILES string of the molecule is COC(=O)c1cc(NC(=O)C2Oc3ccccc3OC2C)c(F)cc1F. The fourth-order valence-electron chi connectivity index (χ4n) is 2.52. The zero-order valence-electron chi connectivity index (χ0n) is 13.9. The van der Waals surface area contributed by atoms with E-state index >= 15 is 0 Å². The molecular formula is C18H15F2NO5. The Kier molecular flexibility index (Phi) is 4.75. The van der Waals surface area contributed by atoms with Crippen LogP contribution in [0.2, 0.25) is 0 Å². The number of methoxy groups -OCH3 is 1.